The Morgan fingerprint density at radius 1 is 1.03 bits per heavy atom. The highest BCUT2D eigenvalue weighted by atomic mass is 35.5. The first-order valence-electron chi connectivity index (χ1n) is 10.1. The normalized spacial score (nSPS) is 10.8. The van der Waals surface area contributed by atoms with Crippen molar-refractivity contribution in [2.45, 2.75) is 41.2 Å². The zero-order valence-electron chi connectivity index (χ0n) is 18.5. The van der Waals surface area contributed by atoms with Crippen LogP contribution >= 0.6 is 11.6 Å². The lowest BCUT2D eigenvalue weighted by Gasteiger charge is -2.13. The van der Waals surface area contributed by atoms with Gasteiger partial charge >= 0.3 is 0 Å². The number of aromatic nitrogens is 2. The van der Waals surface area contributed by atoms with Crippen LogP contribution < -0.4 is 10.6 Å². The lowest BCUT2D eigenvalue weighted by molar-refractivity contribution is -0.115. The quantitative estimate of drug-likeness (QED) is 0.595. The Labute approximate surface area is 187 Å². The maximum atomic E-state index is 12.8. The summed E-state index contributed by atoms with van der Waals surface area (Å²) in [6, 6.07) is 11.6. The molecule has 7 heteroatoms. The molecule has 31 heavy (non-hydrogen) atoms. The predicted molar refractivity (Wildman–Crippen MR) is 124 cm³/mol. The number of hydrogen-bond acceptors (Lipinski definition) is 3. The van der Waals surface area contributed by atoms with E-state index in [1.54, 1.807) is 11.6 Å². The molecule has 1 heterocycles. The van der Waals surface area contributed by atoms with Crippen molar-refractivity contribution in [2.75, 3.05) is 11.9 Å². The molecule has 0 atom stereocenters. The molecule has 1 aromatic heterocycles. The van der Waals surface area contributed by atoms with Gasteiger partial charge in [0.1, 0.15) is 0 Å². The zero-order chi connectivity index (χ0) is 22.7. The number of carbonyl (C=O) groups excluding carboxylic acids is 2. The highest BCUT2D eigenvalue weighted by Crippen LogP contribution is 2.22. The number of benzene rings is 2. The van der Waals surface area contributed by atoms with E-state index in [0.717, 1.165) is 33.6 Å². The van der Waals surface area contributed by atoms with Crippen LogP contribution in [0.15, 0.2) is 36.4 Å². The number of halogens is 1. The van der Waals surface area contributed by atoms with Crippen molar-refractivity contribution in [3.05, 3.63) is 80.6 Å². The second kappa shape index (κ2) is 9.35. The maximum Gasteiger partial charge on any atom is 0.255 e. The fourth-order valence-electron chi connectivity index (χ4n) is 3.78. The standard InChI is InChI=1S/C24H27ClN4O2/c1-14-10-15(2)23(16(3)11-14)27-21(30)12-26-24(31)22-17(4)28-29(18(22)5)13-19-8-6-7-9-20(19)25/h6-11H,12-13H2,1-5H3,(H,26,31)(H,27,30). The highest BCUT2D eigenvalue weighted by molar-refractivity contribution is 6.31. The molecule has 0 unspecified atom stereocenters. The molecule has 0 aliphatic heterocycles. The summed E-state index contributed by atoms with van der Waals surface area (Å²) in [4.78, 5) is 25.2. The van der Waals surface area contributed by atoms with Crippen LogP contribution in [-0.2, 0) is 11.3 Å². The van der Waals surface area contributed by atoms with Crippen molar-refractivity contribution in [1.29, 1.82) is 0 Å². The minimum absolute atomic E-state index is 0.125. The van der Waals surface area contributed by atoms with Crippen molar-refractivity contribution in [3.63, 3.8) is 0 Å². The van der Waals surface area contributed by atoms with Gasteiger partial charge < -0.3 is 10.6 Å². The van der Waals surface area contributed by atoms with Gasteiger partial charge in [0.05, 0.1) is 24.3 Å². The van der Waals surface area contributed by atoms with Gasteiger partial charge in [-0.15, -0.1) is 0 Å². The number of nitrogens with zero attached hydrogens (tertiary/aromatic N) is 2. The molecule has 0 aliphatic rings. The maximum absolute atomic E-state index is 12.8. The average Bonchev–Trinajstić information content (AvgIpc) is 2.97. The molecule has 2 amide bonds. The van der Waals surface area contributed by atoms with Crippen molar-refractivity contribution in [2.24, 2.45) is 0 Å². The summed E-state index contributed by atoms with van der Waals surface area (Å²) >= 11 is 6.25. The molecule has 162 valence electrons. The molecule has 3 rings (SSSR count). The Morgan fingerprint density at radius 2 is 1.68 bits per heavy atom. The van der Waals surface area contributed by atoms with Gasteiger partial charge in [-0.05, 0) is 57.4 Å². The molecule has 0 bridgehead atoms. The Balaban J connectivity index is 1.68. The summed E-state index contributed by atoms with van der Waals surface area (Å²) in [7, 11) is 0. The third kappa shape index (κ3) is 5.14. The van der Waals surface area contributed by atoms with Crippen LogP contribution in [0.3, 0.4) is 0 Å². The number of anilines is 1. The summed E-state index contributed by atoms with van der Waals surface area (Å²) < 4.78 is 1.75. The summed E-state index contributed by atoms with van der Waals surface area (Å²) in [5, 5.41) is 10.7. The summed E-state index contributed by atoms with van der Waals surface area (Å²) in [5.41, 5.74) is 6.63. The van der Waals surface area contributed by atoms with Crippen molar-refractivity contribution in [1.82, 2.24) is 15.1 Å². The first kappa shape index (κ1) is 22.6. The molecule has 0 radical (unpaired) electrons. The van der Waals surface area contributed by atoms with Gasteiger partial charge in [-0.2, -0.15) is 5.10 Å². The Bertz CT molecular complexity index is 1130. The van der Waals surface area contributed by atoms with E-state index in [2.05, 4.69) is 15.7 Å². The number of aryl methyl sites for hydroxylation is 4. The van der Waals surface area contributed by atoms with Crippen molar-refractivity contribution < 1.29 is 9.59 Å². The average molecular weight is 439 g/mol. The minimum atomic E-state index is -0.326. The number of rotatable bonds is 6. The third-order valence-electron chi connectivity index (χ3n) is 5.24. The predicted octanol–water partition coefficient (Wildman–Crippen LogP) is 4.50. The molecule has 0 spiro atoms. The molecule has 2 N–H and O–H groups in total. The zero-order valence-corrected chi connectivity index (χ0v) is 19.2. The molecule has 0 saturated heterocycles. The van der Waals surface area contributed by atoms with Gasteiger partial charge in [-0.25, -0.2) is 0 Å². The smallest absolute Gasteiger partial charge is 0.255 e. The molecule has 6 nitrogen and oxygen atoms in total. The number of carbonyl (C=O) groups is 2. The fraction of sp³-hybridized carbons (Fsp3) is 0.292. The van der Waals surface area contributed by atoms with Crippen LogP contribution in [0, 0.1) is 34.6 Å². The topological polar surface area (TPSA) is 76.0 Å². The van der Waals surface area contributed by atoms with E-state index in [0.29, 0.717) is 22.8 Å². The van der Waals surface area contributed by atoms with Crippen LogP contribution in [0.25, 0.3) is 0 Å². The van der Waals surface area contributed by atoms with Gasteiger partial charge in [0.25, 0.3) is 5.91 Å². The first-order valence-corrected chi connectivity index (χ1v) is 10.5. The summed E-state index contributed by atoms with van der Waals surface area (Å²) in [6.07, 6.45) is 0. The van der Waals surface area contributed by atoms with E-state index >= 15 is 0 Å². The SMILES string of the molecule is Cc1cc(C)c(NC(=O)CNC(=O)c2c(C)nn(Cc3ccccc3Cl)c2C)c(C)c1. The van der Waals surface area contributed by atoms with Gasteiger partial charge in [-0.3, -0.25) is 14.3 Å². The lowest BCUT2D eigenvalue weighted by Crippen LogP contribution is -2.33. The second-order valence-corrected chi connectivity index (χ2v) is 8.21. The largest absolute Gasteiger partial charge is 0.343 e. The third-order valence-corrected chi connectivity index (χ3v) is 5.61. The summed E-state index contributed by atoms with van der Waals surface area (Å²) in [6.45, 7) is 9.88. The minimum Gasteiger partial charge on any atom is -0.343 e. The molecule has 0 saturated carbocycles. The highest BCUT2D eigenvalue weighted by Gasteiger charge is 2.20. The van der Waals surface area contributed by atoms with E-state index in [4.69, 9.17) is 11.6 Å². The van der Waals surface area contributed by atoms with E-state index < -0.39 is 0 Å². The van der Waals surface area contributed by atoms with Gasteiger partial charge in [0.2, 0.25) is 5.91 Å². The van der Waals surface area contributed by atoms with Crippen molar-refractivity contribution >= 4 is 29.1 Å². The molecule has 0 fully saturated rings. The van der Waals surface area contributed by atoms with Gasteiger partial charge in [0.15, 0.2) is 0 Å². The van der Waals surface area contributed by atoms with Crippen LogP contribution in [0.2, 0.25) is 5.02 Å². The molecular formula is C24H27ClN4O2. The molecule has 2 aromatic carbocycles. The molecule has 0 aliphatic carbocycles. The van der Waals surface area contributed by atoms with Gasteiger partial charge in [0, 0.05) is 16.4 Å². The monoisotopic (exact) mass is 438 g/mol. The van der Waals surface area contributed by atoms with Gasteiger partial charge in [-0.1, -0.05) is 47.5 Å². The van der Waals surface area contributed by atoms with Crippen LogP contribution in [0.1, 0.15) is 44.0 Å². The first-order chi connectivity index (χ1) is 14.7. The van der Waals surface area contributed by atoms with E-state index in [-0.39, 0.29) is 18.4 Å². The van der Waals surface area contributed by atoms with E-state index in [1.807, 2.05) is 64.1 Å². The van der Waals surface area contributed by atoms with Crippen molar-refractivity contribution in [3.8, 4) is 0 Å². The second-order valence-electron chi connectivity index (χ2n) is 7.80. The van der Waals surface area contributed by atoms with Crippen LogP contribution in [-0.4, -0.2) is 28.1 Å². The molecule has 3 aromatic rings. The lowest BCUT2D eigenvalue weighted by atomic mass is 10.1. The fourth-order valence-corrected chi connectivity index (χ4v) is 3.97. The summed E-state index contributed by atoms with van der Waals surface area (Å²) in [5.74, 6) is -0.602. The number of nitrogens with one attached hydrogen (secondary N) is 2. The Hall–Kier alpha value is -3.12. The van der Waals surface area contributed by atoms with Crippen LogP contribution in [0.4, 0.5) is 5.69 Å². The molecular weight excluding hydrogens is 412 g/mol. The number of amides is 2. The Morgan fingerprint density at radius 3 is 2.32 bits per heavy atom. The van der Waals surface area contributed by atoms with Crippen LogP contribution in [0.5, 0.6) is 0 Å². The Kier molecular flexibility index (Phi) is 6.81. The number of hydrogen-bond donors (Lipinski definition) is 2. The van der Waals surface area contributed by atoms with E-state index in [1.165, 1.54) is 0 Å². The van der Waals surface area contributed by atoms with E-state index in [9.17, 15) is 9.59 Å².